The third-order valence-electron chi connectivity index (χ3n) is 6.01. The molecule has 0 aromatic heterocycles. The normalized spacial score (nSPS) is 19.0. The van der Waals surface area contributed by atoms with Crippen LogP contribution in [0, 0.1) is 5.92 Å². The first-order valence-corrected chi connectivity index (χ1v) is 12.2. The Morgan fingerprint density at radius 2 is 1.94 bits per heavy atom. The van der Waals surface area contributed by atoms with Crippen LogP contribution in [0.15, 0.2) is 48.5 Å². The van der Waals surface area contributed by atoms with Crippen molar-refractivity contribution in [1.82, 2.24) is 9.62 Å². The molecule has 2 aromatic rings. The van der Waals surface area contributed by atoms with E-state index in [1.54, 1.807) is 12.0 Å². The molecule has 0 aliphatic carbocycles. The average molecular weight is 458 g/mol. The molecule has 9 heteroatoms. The van der Waals surface area contributed by atoms with E-state index in [0.29, 0.717) is 26.1 Å². The monoisotopic (exact) mass is 457 g/mol. The van der Waals surface area contributed by atoms with Gasteiger partial charge in [-0.2, -0.15) is 4.31 Å². The largest absolute Gasteiger partial charge is 0.497 e. The highest BCUT2D eigenvalue weighted by atomic mass is 32.2. The molecule has 2 aliphatic heterocycles. The lowest BCUT2D eigenvalue weighted by atomic mass is 10.0. The first kappa shape index (κ1) is 22.3. The van der Waals surface area contributed by atoms with Gasteiger partial charge in [0.2, 0.25) is 21.8 Å². The molecule has 2 aromatic carbocycles. The minimum absolute atomic E-state index is 0.0170. The van der Waals surface area contributed by atoms with Gasteiger partial charge in [-0.25, -0.2) is 8.42 Å². The highest BCUT2D eigenvalue weighted by Crippen LogP contribution is 2.26. The van der Waals surface area contributed by atoms with Crippen molar-refractivity contribution in [2.75, 3.05) is 37.4 Å². The van der Waals surface area contributed by atoms with Crippen molar-refractivity contribution < 1.29 is 22.7 Å². The fraction of sp³-hybridized carbons (Fsp3) is 0.391. The smallest absolute Gasteiger partial charge is 0.227 e. The number of benzene rings is 2. The molecule has 0 radical (unpaired) electrons. The molecular formula is C23H27N3O5S. The molecular weight excluding hydrogens is 430 g/mol. The lowest BCUT2D eigenvalue weighted by molar-refractivity contribution is -0.126. The fourth-order valence-corrected chi connectivity index (χ4v) is 5.51. The van der Waals surface area contributed by atoms with E-state index in [4.69, 9.17) is 4.74 Å². The van der Waals surface area contributed by atoms with Crippen molar-refractivity contribution in [2.24, 2.45) is 5.92 Å². The zero-order valence-corrected chi connectivity index (χ0v) is 18.8. The molecule has 1 saturated heterocycles. The van der Waals surface area contributed by atoms with Gasteiger partial charge in [0.25, 0.3) is 0 Å². The molecule has 8 nitrogen and oxygen atoms in total. The van der Waals surface area contributed by atoms with Crippen LogP contribution in [0.2, 0.25) is 0 Å². The molecule has 1 fully saturated rings. The van der Waals surface area contributed by atoms with Crippen molar-refractivity contribution in [3.05, 3.63) is 59.7 Å². The van der Waals surface area contributed by atoms with Crippen LogP contribution in [0.4, 0.5) is 5.69 Å². The summed E-state index contributed by atoms with van der Waals surface area (Å²) in [5.41, 5.74) is 2.83. The second kappa shape index (κ2) is 9.30. The quantitative estimate of drug-likeness (QED) is 0.681. The van der Waals surface area contributed by atoms with Crippen LogP contribution in [-0.2, 0) is 32.6 Å². The molecule has 0 saturated carbocycles. The molecule has 1 N–H and O–H groups in total. The van der Waals surface area contributed by atoms with Gasteiger partial charge in [0.05, 0.1) is 18.8 Å². The van der Waals surface area contributed by atoms with Crippen LogP contribution in [0.1, 0.15) is 17.5 Å². The lowest BCUT2D eigenvalue weighted by Crippen LogP contribution is -2.41. The highest BCUT2D eigenvalue weighted by molar-refractivity contribution is 7.89. The predicted molar refractivity (Wildman–Crippen MR) is 121 cm³/mol. The summed E-state index contributed by atoms with van der Waals surface area (Å²) in [6.45, 7) is 1.04. The number of ether oxygens (including phenoxy) is 1. The van der Waals surface area contributed by atoms with Crippen LogP contribution >= 0.6 is 0 Å². The van der Waals surface area contributed by atoms with Crippen molar-refractivity contribution in [2.45, 2.75) is 19.4 Å². The number of nitrogens with one attached hydrogen (secondary N) is 1. The third kappa shape index (κ3) is 4.78. The van der Waals surface area contributed by atoms with Gasteiger partial charge in [-0.05, 0) is 41.8 Å². The summed E-state index contributed by atoms with van der Waals surface area (Å²) in [5.74, 6) is -0.287. The molecule has 170 valence electrons. The number of amides is 2. The van der Waals surface area contributed by atoms with Crippen molar-refractivity contribution >= 4 is 27.5 Å². The van der Waals surface area contributed by atoms with E-state index in [0.717, 1.165) is 22.6 Å². The Bertz CT molecular complexity index is 1100. The number of hydrogen-bond acceptors (Lipinski definition) is 5. The van der Waals surface area contributed by atoms with Crippen LogP contribution in [0.3, 0.4) is 0 Å². The summed E-state index contributed by atoms with van der Waals surface area (Å²) in [7, 11) is -1.91. The minimum atomic E-state index is -3.52. The average Bonchev–Trinajstić information content (AvgIpc) is 3.20. The summed E-state index contributed by atoms with van der Waals surface area (Å²) >= 11 is 0. The maximum Gasteiger partial charge on any atom is 0.227 e. The van der Waals surface area contributed by atoms with E-state index in [1.807, 2.05) is 48.5 Å². The van der Waals surface area contributed by atoms with E-state index in [9.17, 15) is 18.0 Å². The first-order valence-electron chi connectivity index (χ1n) is 10.6. The molecule has 2 amide bonds. The maximum absolute atomic E-state index is 12.8. The Hall–Kier alpha value is -2.91. The number of rotatable bonds is 7. The topological polar surface area (TPSA) is 96.0 Å². The second-order valence-electron chi connectivity index (χ2n) is 8.07. The summed E-state index contributed by atoms with van der Waals surface area (Å²) in [6, 6.07) is 14.9. The zero-order valence-electron chi connectivity index (χ0n) is 18.0. The van der Waals surface area contributed by atoms with Crippen molar-refractivity contribution in [1.29, 1.82) is 0 Å². The molecule has 2 heterocycles. The van der Waals surface area contributed by atoms with Gasteiger partial charge in [-0.3, -0.25) is 9.59 Å². The lowest BCUT2D eigenvalue weighted by Gasteiger charge is -2.28. The molecule has 32 heavy (non-hydrogen) atoms. The number of methoxy groups -OCH3 is 1. The van der Waals surface area contributed by atoms with Gasteiger partial charge < -0.3 is 15.0 Å². The Balaban J connectivity index is 1.29. The van der Waals surface area contributed by atoms with Gasteiger partial charge >= 0.3 is 0 Å². The summed E-state index contributed by atoms with van der Waals surface area (Å²) in [5, 5.41) is 2.71. The Morgan fingerprint density at radius 3 is 2.69 bits per heavy atom. The number of para-hydroxylation sites is 1. The van der Waals surface area contributed by atoms with E-state index in [1.165, 1.54) is 4.31 Å². The Labute approximate surface area is 188 Å². The first-order chi connectivity index (χ1) is 15.4. The standard InChI is InChI=1S/C23H27N3O5S/c1-31-21-8-7-18-15-25(11-9-17(18)13-21)32(29,30)12-10-24-23(28)19-14-22(27)26(16-19)20-5-3-2-4-6-20/h2-8,13,19H,9-12,14-16H2,1H3,(H,24,28). The fourth-order valence-electron chi connectivity index (χ4n) is 4.19. The highest BCUT2D eigenvalue weighted by Gasteiger charge is 2.35. The number of hydrogen-bond donors (Lipinski definition) is 1. The molecule has 0 spiro atoms. The van der Waals surface area contributed by atoms with E-state index < -0.39 is 15.9 Å². The molecule has 1 atom stereocenters. The number of sulfonamides is 1. The number of carbonyl (C=O) groups is 2. The molecule has 2 aliphatic rings. The predicted octanol–water partition coefficient (Wildman–Crippen LogP) is 1.55. The summed E-state index contributed by atoms with van der Waals surface area (Å²) in [6.07, 6.45) is 0.747. The third-order valence-corrected chi connectivity index (χ3v) is 7.83. The Kier molecular flexibility index (Phi) is 6.48. The summed E-state index contributed by atoms with van der Waals surface area (Å²) in [4.78, 5) is 26.4. The van der Waals surface area contributed by atoms with E-state index in [-0.39, 0.29) is 30.5 Å². The van der Waals surface area contributed by atoms with Crippen LogP contribution in [0.25, 0.3) is 0 Å². The SMILES string of the molecule is COc1ccc2c(c1)CCN(S(=O)(=O)CCNC(=O)C1CC(=O)N(c3ccccc3)C1)C2. The summed E-state index contributed by atoms with van der Waals surface area (Å²) < 4.78 is 32.3. The van der Waals surface area contributed by atoms with E-state index >= 15 is 0 Å². The molecule has 0 bridgehead atoms. The van der Waals surface area contributed by atoms with E-state index in [2.05, 4.69) is 5.32 Å². The van der Waals surface area contributed by atoms with Gasteiger partial charge in [0.1, 0.15) is 5.75 Å². The van der Waals surface area contributed by atoms with Crippen molar-refractivity contribution in [3.8, 4) is 5.75 Å². The zero-order chi connectivity index (χ0) is 22.7. The number of carbonyl (C=O) groups excluding carboxylic acids is 2. The number of fused-ring (bicyclic) bond motifs is 1. The second-order valence-corrected chi connectivity index (χ2v) is 10.2. The molecule has 4 rings (SSSR count). The van der Waals surface area contributed by atoms with Crippen molar-refractivity contribution in [3.63, 3.8) is 0 Å². The minimum Gasteiger partial charge on any atom is -0.497 e. The Morgan fingerprint density at radius 1 is 1.16 bits per heavy atom. The van der Waals surface area contributed by atoms with Gasteiger partial charge in [0, 0.05) is 38.3 Å². The number of anilines is 1. The van der Waals surface area contributed by atoms with Gasteiger partial charge in [-0.15, -0.1) is 0 Å². The molecule has 1 unspecified atom stereocenters. The van der Waals surface area contributed by atoms with Crippen LogP contribution in [0.5, 0.6) is 5.75 Å². The van der Waals surface area contributed by atoms with Gasteiger partial charge in [0.15, 0.2) is 0 Å². The number of nitrogens with zero attached hydrogens (tertiary/aromatic N) is 2. The van der Waals surface area contributed by atoms with Gasteiger partial charge in [-0.1, -0.05) is 24.3 Å². The van der Waals surface area contributed by atoms with Crippen LogP contribution in [-0.4, -0.2) is 57.0 Å². The maximum atomic E-state index is 12.8. The van der Waals surface area contributed by atoms with Crippen LogP contribution < -0.4 is 15.0 Å².